The Morgan fingerprint density at radius 1 is 1.03 bits per heavy atom. The summed E-state index contributed by atoms with van der Waals surface area (Å²) >= 11 is 1.34. The van der Waals surface area contributed by atoms with Gasteiger partial charge >= 0.3 is 5.97 Å². The van der Waals surface area contributed by atoms with E-state index in [0.29, 0.717) is 20.6 Å². The molecule has 2 aromatic carbocycles. The molecule has 0 saturated carbocycles. The van der Waals surface area contributed by atoms with Crippen molar-refractivity contribution in [2.24, 2.45) is 4.99 Å². The fourth-order valence-corrected chi connectivity index (χ4v) is 5.63. The fraction of sp³-hybridized carbons (Fsp3) is 0.345. The molecule has 8 heteroatoms. The van der Waals surface area contributed by atoms with Crippen molar-refractivity contribution in [2.75, 3.05) is 43.6 Å². The van der Waals surface area contributed by atoms with Gasteiger partial charge in [-0.15, -0.1) is 0 Å². The molecule has 0 spiro atoms. The number of carbonyl (C=O) groups excluding carboxylic acids is 1. The van der Waals surface area contributed by atoms with Gasteiger partial charge in [-0.2, -0.15) is 0 Å². The maximum atomic E-state index is 13.8. The van der Waals surface area contributed by atoms with Gasteiger partial charge in [-0.25, -0.2) is 9.79 Å². The molecule has 1 aliphatic heterocycles. The van der Waals surface area contributed by atoms with E-state index < -0.39 is 12.0 Å². The number of benzene rings is 2. The molecule has 1 aliphatic rings. The van der Waals surface area contributed by atoms with Crippen LogP contribution in [0.4, 0.5) is 11.4 Å². The number of esters is 1. The molecule has 0 unspecified atom stereocenters. The van der Waals surface area contributed by atoms with E-state index in [9.17, 15) is 9.59 Å². The Labute approximate surface area is 221 Å². The van der Waals surface area contributed by atoms with E-state index >= 15 is 0 Å². The van der Waals surface area contributed by atoms with Gasteiger partial charge in [-0.05, 0) is 69.2 Å². The van der Waals surface area contributed by atoms with Crippen LogP contribution in [0, 0.1) is 0 Å². The van der Waals surface area contributed by atoms with Crippen molar-refractivity contribution in [3.63, 3.8) is 0 Å². The van der Waals surface area contributed by atoms with Gasteiger partial charge in [0.15, 0.2) is 4.80 Å². The van der Waals surface area contributed by atoms with Crippen LogP contribution in [0.15, 0.2) is 69.6 Å². The third-order valence-corrected chi connectivity index (χ3v) is 7.54. The average Bonchev–Trinajstić information content (AvgIpc) is 3.19. The van der Waals surface area contributed by atoms with Crippen molar-refractivity contribution in [3.8, 4) is 0 Å². The molecule has 0 fully saturated rings. The summed E-state index contributed by atoms with van der Waals surface area (Å²) in [5.41, 5.74) is 4.74. The predicted octanol–water partition coefficient (Wildman–Crippen LogP) is 3.71. The monoisotopic (exact) mass is 518 g/mol. The van der Waals surface area contributed by atoms with Crippen molar-refractivity contribution in [1.82, 2.24) is 4.57 Å². The van der Waals surface area contributed by atoms with E-state index in [0.717, 1.165) is 35.6 Å². The second kappa shape index (κ2) is 11.2. The smallest absolute Gasteiger partial charge is 0.338 e. The Morgan fingerprint density at radius 3 is 2.22 bits per heavy atom. The van der Waals surface area contributed by atoms with Gasteiger partial charge in [0.2, 0.25) is 0 Å². The number of allylic oxidation sites excluding steroid dienone is 1. The standard InChI is InChI=1S/C29H34N4O3S/c1-7-32(8-2)23-14-10-20(11-15-23)18-24-27(34)33-26(21-12-16-22(17-13-21)31(5)6)25(28(35)36-9-3)19(4)30-29(33)37-24/h10-18,26H,7-9H2,1-6H3/b24-18+/t26-/m1/s1. The molecule has 3 aromatic rings. The van der Waals surface area contributed by atoms with Gasteiger partial charge in [0, 0.05) is 38.6 Å². The number of nitrogens with zero attached hydrogens (tertiary/aromatic N) is 4. The quantitative estimate of drug-likeness (QED) is 0.426. The molecule has 1 atom stereocenters. The molecular weight excluding hydrogens is 484 g/mol. The Morgan fingerprint density at radius 2 is 1.65 bits per heavy atom. The number of anilines is 2. The van der Waals surface area contributed by atoms with Crippen LogP contribution in [0.1, 0.15) is 44.9 Å². The maximum Gasteiger partial charge on any atom is 0.338 e. The van der Waals surface area contributed by atoms with Crippen molar-refractivity contribution >= 4 is 34.8 Å². The molecule has 0 aliphatic carbocycles. The average molecular weight is 519 g/mol. The number of carbonyl (C=O) groups is 1. The number of hydrogen-bond donors (Lipinski definition) is 0. The Hall–Kier alpha value is -3.65. The lowest BCUT2D eigenvalue weighted by atomic mass is 9.95. The summed E-state index contributed by atoms with van der Waals surface area (Å²) in [6.45, 7) is 9.96. The molecule has 4 rings (SSSR count). The second-order valence-electron chi connectivity index (χ2n) is 9.05. The van der Waals surface area contributed by atoms with Gasteiger partial charge in [0.05, 0.1) is 28.5 Å². The van der Waals surface area contributed by atoms with Crippen LogP contribution in [0.2, 0.25) is 0 Å². The van der Waals surface area contributed by atoms with Gasteiger partial charge in [0.25, 0.3) is 5.56 Å². The molecular formula is C29H34N4O3S. The van der Waals surface area contributed by atoms with Crippen LogP contribution in [0.3, 0.4) is 0 Å². The zero-order valence-electron chi connectivity index (χ0n) is 22.3. The lowest BCUT2D eigenvalue weighted by molar-refractivity contribution is -0.139. The van der Waals surface area contributed by atoms with Gasteiger partial charge in [0.1, 0.15) is 0 Å². The van der Waals surface area contributed by atoms with Crippen LogP contribution in [-0.4, -0.2) is 44.3 Å². The summed E-state index contributed by atoms with van der Waals surface area (Å²) in [6.07, 6.45) is 1.89. The molecule has 194 valence electrons. The number of rotatable bonds is 8. The zero-order valence-corrected chi connectivity index (χ0v) is 23.1. The lowest BCUT2D eigenvalue weighted by Gasteiger charge is -2.25. The summed E-state index contributed by atoms with van der Waals surface area (Å²) in [5.74, 6) is -0.452. The van der Waals surface area contributed by atoms with Crippen molar-refractivity contribution < 1.29 is 9.53 Å². The van der Waals surface area contributed by atoms with E-state index in [1.54, 1.807) is 18.4 Å². The summed E-state index contributed by atoms with van der Waals surface area (Å²) in [7, 11) is 3.95. The number of aromatic nitrogens is 1. The molecule has 0 amide bonds. The number of hydrogen-bond acceptors (Lipinski definition) is 7. The molecule has 1 aromatic heterocycles. The normalized spacial score (nSPS) is 15.3. The van der Waals surface area contributed by atoms with E-state index in [-0.39, 0.29) is 12.2 Å². The molecule has 0 bridgehead atoms. The summed E-state index contributed by atoms with van der Waals surface area (Å²) in [4.78, 5) is 36.3. The van der Waals surface area contributed by atoms with Gasteiger partial charge in [-0.3, -0.25) is 9.36 Å². The minimum atomic E-state index is -0.612. The molecule has 37 heavy (non-hydrogen) atoms. The van der Waals surface area contributed by atoms with Crippen LogP contribution < -0.4 is 24.7 Å². The summed E-state index contributed by atoms with van der Waals surface area (Å²) < 4.78 is 7.58. The molecule has 0 saturated heterocycles. The largest absolute Gasteiger partial charge is 0.463 e. The summed E-state index contributed by atoms with van der Waals surface area (Å²) in [6, 6.07) is 15.5. The third kappa shape index (κ3) is 5.25. The van der Waals surface area contributed by atoms with E-state index in [1.807, 2.05) is 61.5 Å². The first-order valence-corrected chi connectivity index (χ1v) is 13.4. The van der Waals surface area contributed by atoms with Crippen LogP contribution >= 0.6 is 11.3 Å². The van der Waals surface area contributed by atoms with Crippen LogP contribution in [0.25, 0.3) is 6.08 Å². The van der Waals surface area contributed by atoms with Crippen molar-refractivity contribution in [2.45, 2.75) is 33.7 Å². The molecule has 0 N–H and O–H groups in total. The molecule has 2 heterocycles. The highest BCUT2D eigenvalue weighted by Gasteiger charge is 2.33. The van der Waals surface area contributed by atoms with Crippen LogP contribution in [0.5, 0.6) is 0 Å². The predicted molar refractivity (Wildman–Crippen MR) is 151 cm³/mol. The Balaban J connectivity index is 1.84. The highest BCUT2D eigenvalue weighted by molar-refractivity contribution is 7.07. The second-order valence-corrected chi connectivity index (χ2v) is 10.1. The van der Waals surface area contributed by atoms with Gasteiger partial charge in [-0.1, -0.05) is 35.6 Å². The van der Waals surface area contributed by atoms with Crippen LogP contribution in [-0.2, 0) is 9.53 Å². The third-order valence-electron chi connectivity index (χ3n) is 6.56. The van der Waals surface area contributed by atoms with Gasteiger partial charge < -0.3 is 14.5 Å². The van der Waals surface area contributed by atoms with Crippen molar-refractivity contribution in [3.05, 3.63) is 90.6 Å². The first-order valence-electron chi connectivity index (χ1n) is 12.6. The summed E-state index contributed by atoms with van der Waals surface area (Å²) in [5, 5.41) is 0. The Bertz CT molecular complexity index is 1480. The minimum Gasteiger partial charge on any atom is -0.463 e. The highest BCUT2D eigenvalue weighted by Crippen LogP contribution is 2.31. The van der Waals surface area contributed by atoms with Crippen molar-refractivity contribution in [1.29, 1.82) is 0 Å². The first-order chi connectivity index (χ1) is 17.8. The number of thiazole rings is 1. The fourth-order valence-electron chi connectivity index (χ4n) is 4.58. The van der Waals surface area contributed by atoms with E-state index in [1.165, 1.54) is 11.3 Å². The number of ether oxygens (including phenoxy) is 1. The van der Waals surface area contributed by atoms with E-state index in [4.69, 9.17) is 4.74 Å². The minimum absolute atomic E-state index is 0.174. The Kier molecular flexibility index (Phi) is 7.97. The lowest BCUT2D eigenvalue weighted by Crippen LogP contribution is -2.39. The number of fused-ring (bicyclic) bond motifs is 1. The molecule has 0 radical (unpaired) electrons. The topological polar surface area (TPSA) is 67.1 Å². The SMILES string of the molecule is CCOC(=O)C1=C(C)N=c2s/c(=C/c3ccc(N(CC)CC)cc3)c(=O)n2[C@@H]1c1ccc(N(C)C)cc1. The molecule has 7 nitrogen and oxygen atoms in total. The van der Waals surface area contributed by atoms with E-state index in [2.05, 4.69) is 35.9 Å². The zero-order chi connectivity index (χ0) is 26.7. The highest BCUT2D eigenvalue weighted by atomic mass is 32.1. The first kappa shape index (κ1) is 26.4. The maximum absolute atomic E-state index is 13.8.